The summed E-state index contributed by atoms with van der Waals surface area (Å²) < 4.78 is 44.1. The van der Waals surface area contributed by atoms with Crippen molar-refractivity contribution < 1.29 is 40.6 Å². The number of carbonyl (C=O) groups is 1. The molecule has 2 N–H and O–H groups in total. The third-order valence-corrected chi connectivity index (χ3v) is 8.74. The number of fused-ring (bicyclic) bond motifs is 3. The van der Waals surface area contributed by atoms with Gasteiger partial charge in [-0.05, 0) is 55.2 Å². The molecule has 1 unspecified atom stereocenters. The number of nitrogens with zero attached hydrogens (tertiary/aromatic N) is 6. The molecular formula is C38H48ClF3MgN6O3. The van der Waals surface area contributed by atoms with Crippen molar-refractivity contribution in [3.05, 3.63) is 115 Å². The normalized spacial score (nSPS) is 14.3. The summed E-state index contributed by atoms with van der Waals surface area (Å²) in [5, 5.41) is 19.4. The Bertz CT molecular complexity index is 1910. The molecule has 52 heavy (non-hydrogen) atoms. The molecule has 6 aromatic rings. The van der Waals surface area contributed by atoms with Crippen LogP contribution in [-0.2, 0) is 6.61 Å². The summed E-state index contributed by atoms with van der Waals surface area (Å²) in [6, 6.07) is 8.60. The second kappa shape index (κ2) is 23.2. The van der Waals surface area contributed by atoms with Gasteiger partial charge in [-0.25, -0.2) is 28.1 Å². The van der Waals surface area contributed by atoms with E-state index >= 15 is 0 Å². The number of aromatic nitrogens is 6. The van der Waals surface area contributed by atoms with E-state index in [1.807, 2.05) is 0 Å². The molecule has 0 spiro atoms. The first-order chi connectivity index (χ1) is 23.4. The molecule has 2 saturated carbocycles. The van der Waals surface area contributed by atoms with Gasteiger partial charge in [-0.2, -0.15) is 12.8 Å². The van der Waals surface area contributed by atoms with Gasteiger partial charge in [0, 0.05) is 5.69 Å². The summed E-state index contributed by atoms with van der Waals surface area (Å²) >= 11 is 0. The fraction of sp³-hybridized carbons (Fsp3) is 0.395. The van der Waals surface area contributed by atoms with E-state index in [0.29, 0.717) is 34.2 Å². The number of aliphatic hydroxyl groups excluding tert-OH is 2. The molecule has 0 aliphatic heterocycles. The van der Waals surface area contributed by atoms with Crippen LogP contribution in [-0.4, -0.2) is 67.7 Å². The first-order valence-electron chi connectivity index (χ1n) is 16.3. The van der Waals surface area contributed by atoms with Crippen LogP contribution in [0.1, 0.15) is 107 Å². The van der Waals surface area contributed by atoms with E-state index in [4.69, 9.17) is 5.11 Å². The zero-order chi connectivity index (χ0) is 33.9. The number of carbonyl (C=O) groups excluding carboxylic acids is 1. The van der Waals surface area contributed by atoms with Gasteiger partial charge >= 0.3 is 23.1 Å². The quantitative estimate of drug-likeness (QED) is 0.142. The molecule has 9 nitrogen and oxygen atoms in total. The summed E-state index contributed by atoms with van der Waals surface area (Å²) in [7, 11) is 0. The van der Waals surface area contributed by atoms with Crippen molar-refractivity contribution in [1.29, 1.82) is 0 Å². The number of aldehydes is 1. The minimum Gasteiger partial charge on any atom is -1.00 e. The van der Waals surface area contributed by atoms with Gasteiger partial charge in [-0.15, -0.1) is 0 Å². The van der Waals surface area contributed by atoms with Gasteiger partial charge in [-0.3, -0.25) is 18.0 Å². The van der Waals surface area contributed by atoms with E-state index in [0.717, 1.165) is 18.5 Å². The van der Waals surface area contributed by atoms with Crippen LogP contribution in [0.5, 0.6) is 0 Å². The van der Waals surface area contributed by atoms with Gasteiger partial charge in [-0.1, -0.05) is 53.4 Å². The molecule has 6 aromatic heterocycles. The topological polar surface area (TPSA) is 109 Å². The second-order valence-electron chi connectivity index (χ2n) is 11.9. The van der Waals surface area contributed by atoms with Gasteiger partial charge in [0.2, 0.25) is 0 Å². The molecule has 278 valence electrons. The molecule has 8 rings (SSSR count). The van der Waals surface area contributed by atoms with Crippen LogP contribution in [0.2, 0.25) is 0 Å². The zero-order valence-electron chi connectivity index (χ0n) is 27.7. The van der Waals surface area contributed by atoms with Crippen LogP contribution in [0.4, 0.5) is 13.2 Å². The van der Waals surface area contributed by atoms with Gasteiger partial charge < -0.3 is 29.0 Å². The summed E-state index contributed by atoms with van der Waals surface area (Å²) in [6.45, 7) is -0.118. The maximum atomic E-state index is 13.6. The van der Waals surface area contributed by atoms with Gasteiger partial charge in [0.15, 0.2) is 6.29 Å². The molecular weight excluding hydrogens is 705 g/mol. The molecule has 0 saturated heterocycles. The zero-order valence-corrected chi connectivity index (χ0v) is 29.9. The molecule has 0 bridgehead atoms. The monoisotopic (exact) mass is 752 g/mol. The number of rotatable bonds is 4. The van der Waals surface area contributed by atoms with Crippen LogP contribution >= 0.6 is 0 Å². The van der Waals surface area contributed by atoms with Crippen molar-refractivity contribution in [2.75, 3.05) is 0 Å². The molecule has 2 aliphatic carbocycles. The van der Waals surface area contributed by atoms with Crippen LogP contribution in [0.3, 0.4) is 0 Å². The van der Waals surface area contributed by atoms with Crippen LogP contribution < -0.4 is 12.4 Å². The van der Waals surface area contributed by atoms with E-state index in [9.17, 15) is 23.1 Å². The third kappa shape index (κ3) is 11.5. The van der Waals surface area contributed by atoms with Crippen molar-refractivity contribution in [2.24, 2.45) is 5.92 Å². The third-order valence-electron chi connectivity index (χ3n) is 8.74. The average molecular weight is 754 g/mol. The molecule has 2 aliphatic rings. The number of hydrogen-bond donors (Lipinski definition) is 2. The van der Waals surface area contributed by atoms with Crippen molar-refractivity contribution in [2.45, 2.75) is 91.8 Å². The molecule has 0 amide bonds. The Balaban J connectivity index is 0.000000356. The van der Waals surface area contributed by atoms with E-state index in [1.165, 1.54) is 122 Å². The van der Waals surface area contributed by atoms with Crippen LogP contribution in [0.15, 0.2) is 74.0 Å². The van der Waals surface area contributed by atoms with Crippen molar-refractivity contribution in [3.8, 4) is 0 Å². The van der Waals surface area contributed by atoms with Crippen LogP contribution in [0, 0.1) is 29.8 Å². The Morgan fingerprint density at radius 1 is 0.731 bits per heavy atom. The average Bonchev–Trinajstić information content (AvgIpc) is 3.94. The smallest absolute Gasteiger partial charge is 1.00 e. The molecule has 0 radical (unpaired) electrons. The van der Waals surface area contributed by atoms with Crippen molar-refractivity contribution in [3.63, 3.8) is 0 Å². The Hall–Kier alpha value is -3.49. The Kier molecular flexibility index (Phi) is 20.8. The number of aliphatic hydroxyl groups is 2. The minimum atomic E-state index is -0.525. The largest absolute Gasteiger partial charge is 2.00 e. The number of imidazole rings is 3. The second-order valence-corrected chi connectivity index (χ2v) is 11.9. The summed E-state index contributed by atoms with van der Waals surface area (Å²) in [6.07, 6.45) is 24.1. The van der Waals surface area contributed by atoms with Crippen molar-refractivity contribution in [1.82, 2.24) is 28.2 Å². The van der Waals surface area contributed by atoms with Gasteiger partial charge in [0.25, 0.3) is 0 Å². The molecule has 1 atom stereocenters. The molecule has 0 aromatic carbocycles. The number of hydrogen-bond acceptors (Lipinski definition) is 6. The molecule has 2 fully saturated rings. The molecule has 14 heteroatoms. The van der Waals surface area contributed by atoms with Gasteiger partial charge in [0.1, 0.15) is 34.0 Å². The fourth-order valence-electron chi connectivity index (χ4n) is 6.09. The van der Waals surface area contributed by atoms with Crippen molar-refractivity contribution >= 4 is 45.9 Å². The standard InChI is InChI=1S/C14H17FN2O.C8H7FN2O.C8H5FN2O.C6H11.2CH4.ClH.Mg/c15-11-6-7-12(17-9-16-8-13(11)17)14(18)10-4-2-1-3-5-10;2*9-7-2-1-6(4-12)11-5-10-3-8(7)11;1-2-4-6-5-3-1;;;;/h6-10,14,18H,1-5H2;1-3,5,12H,4H2;1-5H;1H,2-6H2;2*1H4;1H;/q;;;-1;;;;+2/p-1. The number of halogens is 4. The minimum absolute atomic E-state index is 0. The Morgan fingerprint density at radius 3 is 1.73 bits per heavy atom. The van der Waals surface area contributed by atoms with E-state index in [2.05, 4.69) is 21.4 Å². The molecule has 6 heterocycles. The maximum absolute atomic E-state index is 13.6. The predicted molar refractivity (Wildman–Crippen MR) is 195 cm³/mol. The van der Waals surface area contributed by atoms with E-state index in [-0.39, 0.29) is 80.3 Å². The Labute approximate surface area is 325 Å². The Morgan fingerprint density at radius 2 is 1.21 bits per heavy atom. The number of pyridine rings is 3. The fourth-order valence-corrected chi connectivity index (χ4v) is 6.09. The van der Waals surface area contributed by atoms with Gasteiger partial charge in [0.05, 0.1) is 61.7 Å². The van der Waals surface area contributed by atoms with E-state index in [1.54, 1.807) is 16.8 Å². The maximum Gasteiger partial charge on any atom is 2.00 e. The first-order valence-corrected chi connectivity index (χ1v) is 16.3. The summed E-state index contributed by atoms with van der Waals surface area (Å²) in [5.74, 6) is -0.718. The SMILES string of the molecule is C.C.O=Cc1ccc(F)c2cncn12.OC(c1ccc(F)c2cncn12)C1CCCCC1.OCc1ccc(F)c2cncn12.[CH-]1CCCCC1.[Cl-].[Mg+2]. The first kappa shape index (κ1) is 46.5. The van der Waals surface area contributed by atoms with E-state index < -0.39 is 6.10 Å². The van der Waals surface area contributed by atoms with Crippen LogP contribution in [0.25, 0.3) is 16.6 Å². The predicted octanol–water partition coefficient (Wildman–Crippen LogP) is 5.39. The summed E-state index contributed by atoms with van der Waals surface area (Å²) in [5.41, 5.74) is 2.91. The summed E-state index contributed by atoms with van der Waals surface area (Å²) in [4.78, 5) is 21.9.